The van der Waals surface area contributed by atoms with Gasteiger partial charge in [-0.15, -0.1) is 0 Å². The van der Waals surface area contributed by atoms with E-state index in [1.807, 2.05) is 26.2 Å². The van der Waals surface area contributed by atoms with E-state index >= 15 is 0 Å². The molecule has 0 saturated carbocycles. The number of fused-ring (bicyclic) bond motifs is 4. The van der Waals surface area contributed by atoms with Crippen LogP contribution in [-0.4, -0.2) is 83.5 Å². The minimum absolute atomic E-state index is 0.223. The maximum Gasteiger partial charge on any atom is 0.181 e. The van der Waals surface area contributed by atoms with Crippen LogP contribution in [0, 0.1) is 5.41 Å². The van der Waals surface area contributed by atoms with Gasteiger partial charge in [0.25, 0.3) is 0 Å². The molecule has 0 N–H and O–H groups in total. The normalized spacial score (nSPS) is 22.9. The average Bonchev–Trinajstić information content (AvgIpc) is 3.18. The van der Waals surface area contributed by atoms with Crippen molar-refractivity contribution in [3.63, 3.8) is 0 Å². The van der Waals surface area contributed by atoms with Crippen LogP contribution in [0.25, 0.3) is 0 Å². The number of sulfone groups is 1. The molecule has 6 nitrogen and oxygen atoms in total. The lowest BCUT2D eigenvalue weighted by Crippen LogP contribution is -2.66. The number of unbranched alkanes of at least 4 members (excludes halogenated alkanes) is 2. The van der Waals surface area contributed by atoms with E-state index in [9.17, 15) is 8.42 Å². The van der Waals surface area contributed by atoms with Crippen LogP contribution < -0.4 is 9.80 Å². The van der Waals surface area contributed by atoms with Crippen molar-refractivity contribution in [1.82, 2.24) is 4.90 Å². The molecule has 0 spiro atoms. The molecule has 4 aliphatic heterocycles. The van der Waals surface area contributed by atoms with Crippen LogP contribution in [0.15, 0.2) is 71.6 Å². The van der Waals surface area contributed by atoms with Gasteiger partial charge in [-0.05, 0) is 67.1 Å². The Morgan fingerprint density at radius 3 is 1.87 bits per heavy atom. The van der Waals surface area contributed by atoms with Gasteiger partial charge in [-0.3, -0.25) is 4.90 Å². The standard InChI is InChI=1S/C40H57N4O2S/c1-5-7-21-40(22-8-6-2)31-43(38-29-37(41(3)4)19-20-39(38)47(45,46)32-40)36-17-15-34(16-18-36)10-9-33-11-13-35(14-12-33)30-44-26-23-42(24-27-44)25-28-44/h11-20,29H,5-10,21-28,30-32H2,1-4H3/q+1. The van der Waals surface area contributed by atoms with Crippen LogP contribution >= 0.6 is 0 Å². The molecule has 0 aromatic heterocycles. The zero-order valence-corrected chi connectivity index (χ0v) is 30.2. The summed E-state index contributed by atoms with van der Waals surface area (Å²) in [4.78, 5) is 7.47. The summed E-state index contributed by atoms with van der Waals surface area (Å²) in [5.41, 5.74) is 6.81. The molecule has 3 fully saturated rings. The molecular formula is C40H57N4O2S+. The smallest absolute Gasteiger partial charge is 0.181 e. The zero-order chi connectivity index (χ0) is 33.1. The molecule has 0 unspecified atom stereocenters. The lowest BCUT2D eigenvalue weighted by Gasteiger charge is -2.50. The van der Waals surface area contributed by atoms with Gasteiger partial charge in [0.05, 0.1) is 36.0 Å². The zero-order valence-electron chi connectivity index (χ0n) is 29.4. The molecule has 7 heteroatoms. The van der Waals surface area contributed by atoms with Gasteiger partial charge in [0.1, 0.15) is 6.54 Å². The van der Waals surface area contributed by atoms with Gasteiger partial charge in [-0.25, -0.2) is 8.42 Å². The lowest BCUT2D eigenvalue weighted by atomic mass is 9.79. The first-order chi connectivity index (χ1) is 22.6. The van der Waals surface area contributed by atoms with Crippen LogP contribution in [-0.2, 0) is 29.2 Å². The fraction of sp³-hybridized carbons (Fsp3) is 0.550. The van der Waals surface area contributed by atoms with Gasteiger partial charge in [-0.1, -0.05) is 75.9 Å². The van der Waals surface area contributed by atoms with Crippen molar-refractivity contribution in [3.8, 4) is 0 Å². The Morgan fingerprint density at radius 1 is 0.766 bits per heavy atom. The van der Waals surface area contributed by atoms with Crippen molar-refractivity contribution in [1.29, 1.82) is 0 Å². The van der Waals surface area contributed by atoms with Gasteiger partial charge < -0.3 is 14.3 Å². The molecule has 254 valence electrons. The fourth-order valence-electron chi connectivity index (χ4n) is 8.26. The van der Waals surface area contributed by atoms with E-state index in [0.717, 1.165) is 75.0 Å². The predicted octanol–water partition coefficient (Wildman–Crippen LogP) is 7.48. The highest BCUT2D eigenvalue weighted by molar-refractivity contribution is 7.91. The molecule has 47 heavy (non-hydrogen) atoms. The summed E-state index contributed by atoms with van der Waals surface area (Å²) in [5.74, 6) is 0.223. The monoisotopic (exact) mass is 657 g/mol. The summed E-state index contributed by atoms with van der Waals surface area (Å²) < 4.78 is 29.4. The number of quaternary nitrogens is 1. The highest BCUT2D eigenvalue weighted by atomic mass is 32.2. The largest absolute Gasteiger partial charge is 0.378 e. The molecular weight excluding hydrogens is 601 g/mol. The maximum atomic E-state index is 14.1. The lowest BCUT2D eigenvalue weighted by molar-refractivity contribution is -0.953. The van der Waals surface area contributed by atoms with Gasteiger partial charge in [0.15, 0.2) is 9.84 Å². The second-order valence-corrected chi connectivity index (χ2v) is 17.1. The predicted molar refractivity (Wildman–Crippen MR) is 197 cm³/mol. The summed E-state index contributed by atoms with van der Waals surface area (Å²) in [6.07, 6.45) is 8.11. The number of piperazine rings is 3. The molecule has 3 aromatic carbocycles. The Hall–Kier alpha value is -2.87. The Bertz CT molecular complexity index is 1570. The average molecular weight is 658 g/mol. The molecule has 0 radical (unpaired) electrons. The second kappa shape index (κ2) is 14.3. The number of hydrogen-bond donors (Lipinski definition) is 0. The molecule has 0 aliphatic carbocycles. The molecule has 7 rings (SSSR count). The van der Waals surface area contributed by atoms with E-state index < -0.39 is 9.84 Å². The van der Waals surface area contributed by atoms with Gasteiger partial charge in [0.2, 0.25) is 0 Å². The molecule has 0 atom stereocenters. The van der Waals surface area contributed by atoms with Crippen LogP contribution in [0.3, 0.4) is 0 Å². The number of hydrogen-bond acceptors (Lipinski definition) is 5. The topological polar surface area (TPSA) is 43.9 Å². The second-order valence-electron chi connectivity index (χ2n) is 15.1. The van der Waals surface area contributed by atoms with Crippen LogP contribution in [0.5, 0.6) is 0 Å². The van der Waals surface area contributed by atoms with Crippen molar-refractivity contribution < 1.29 is 12.9 Å². The Balaban J connectivity index is 1.21. The third-order valence-corrected chi connectivity index (χ3v) is 13.4. The van der Waals surface area contributed by atoms with Crippen molar-refractivity contribution in [2.45, 2.75) is 76.7 Å². The molecule has 4 heterocycles. The Kier molecular flexibility index (Phi) is 10.4. The third-order valence-electron chi connectivity index (χ3n) is 11.4. The summed E-state index contributed by atoms with van der Waals surface area (Å²) in [6, 6.07) is 24.2. The van der Waals surface area contributed by atoms with Crippen molar-refractivity contribution >= 4 is 26.9 Å². The van der Waals surface area contributed by atoms with Crippen molar-refractivity contribution in [2.24, 2.45) is 5.41 Å². The first-order valence-corrected chi connectivity index (χ1v) is 19.8. The highest BCUT2D eigenvalue weighted by Crippen LogP contribution is 2.46. The minimum Gasteiger partial charge on any atom is -0.378 e. The van der Waals surface area contributed by atoms with Gasteiger partial charge >= 0.3 is 0 Å². The fourth-order valence-corrected chi connectivity index (χ4v) is 10.4. The van der Waals surface area contributed by atoms with Gasteiger partial charge in [-0.2, -0.15) is 0 Å². The SMILES string of the molecule is CCCCC1(CCCC)CN(c2ccc(CCc3ccc(C[N+]45CCN(CC4)CC5)cc3)cc2)c2cc(N(C)C)ccc2S(=O)(=O)C1. The Labute approximate surface area is 284 Å². The molecule has 3 saturated heterocycles. The van der Waals surface area contributed by atoms with E-state index in [1.54, 1.807) is 0 Å². The van der Waals surface area contributed by atoms with E-state index in [2.05, 4.69) is 83.1 Å². The number of nitrogens with zero attached hydrogens (tertiary/aromatic N) is 4. The Morgan fingerprint density at radius 2 is 1.32 bits per heavy atom. The number of anilines is 3. The molecule has 3 aromatic rings. The summed E-state index contributed by atoms with van der Waals surface area (Å²) in [7, 11) is 0.581. The van der Waals surface area contributed by atoms with E-state index in [-0.39, 0.29) is 11.2 Å². The van der Waals surface area contributed by atoms with Crippen molar-refractivity contribution in [2.75, 3.05) is 75.5 Å². The summed E-state index contributed by atoms with van der Waals surface area (Å²) >= 11 is 0. The van der Waals surface area contributed by atoms with E-state index in [1.165, 1.54) is 67.0 Å². The maximum absolute atomic E-state index is 14.1. The van der Waals surface area contributed by atoms with E-state index in [4.69, 9.17) is 0 Å². The number of aryl methyl sites for hydroxylation is 2. The number of rotatable bonds is 13. The number of benzene rings is 3. The first-order valence-electron chi connectivity index (χ1n) is 18.2. The highest BCUT2D eigenvalue weighted by Gasteiger charge is 2.42. The third kappa shape index (κ3) is 7.73. The van der Waals surface area contributed by atoms with Crippen LogP contribution in [0.4, 0.5) is 17.1 Å². The molecule has 4 aliphatic rings. The first kappa shape index (κ1) is 34.0. The summed E-state index contributed by atoms with van der Waals surface area (Å²) in [6.45, 7) is 14.0. The minimum atomic E-state index is -3.46. The van der Waals surface area contributed by atoms with Crippen LogP contribution in [0.2, 0.25) is 0 Å². The van der Waals surface area contributed by atoms with Gasteiger partial charge in [0, 0.05) is 62.6 Å². The van der Waals surface area contributed by atoms with E-state index in [0.29, 0.717) is 4.90 Å². The summed E-state index contributed by atoms with van der Waals surface area (Å²) in [5, 5.41) is 0. The van der Waals surface area contributed by atoms with Crippen molar-refractivity contribution in [3.05, 3.63) is 83.4 Å². The molecule has 2 bridgehead atoms. The molecule has 0 amide bonds. The quantitative estimate of drug-likeness (QED) is 0.179. The van der Waals surface area contributed by atoms with Crippen LogP contribution in [0.1, 0.15) is 69.1 Å².